The lowest BCUT2D eigenvalue weighted by molar-refractivity contribution is -0.121. The van der Waals surface area contributed by atoms with E-state index in [-0.39, 0.29) is 11.7 Å². The highest BCUT2D eigenvalue weighted by molar-refractivity contribution is 9.10. The van der Waals surface area contributed by atoms with Crippen molar-refractivity contribution >= 4 is 38.4 Å². The molecule has 0 bridgehead atoms. The van der Waals surface area contributed by atoms with E-state index in [1.54, 1.807) is 0 Å². The predicted molar refractivity (Wildman–Crippen MR) is 114 cm³/mol. The van der Waals surface area contributed by atoms with Crippen molar-refractivity contribution in [3.05, 3.63) is 64.5 Å². The molecule has 146 valence electrons. The van der Waals surface area contributed by atoms with E-state index >= 15 is 0 Å². The van der Waals surface area contributed by atoms with Gasteiger partial charge in [-0.05, 0) is 65.5 Å². The second-order valence-electron chi connectivity index (χ2n) is 7.38. The van der Waals surface area contributed by atoms with Gasteiger partial charge in [-0.15, -0.1) is 0 Å². The molecule has 6 heteroatoms. The molecule has 0 radical (unpaired) electrons. The minimum atomic E-state index is -0.216. The molecular formula is C22H23BrFN3O. The van der Waals surface area contributed by atoms with Crippen LogP contribution in [0.3, 0.4) is 0 Å². The van der Waals surface area contributed by atoms with E-state index in [9.17, 15) is 9.18 Å². The van der Waals surface area contributed by atoms with Crippen molar-refractivity contribution in [2.24, 2.45) is 5.92 Å². The van der Waals surface area contributed by atoms with Crippen LogP contribution in [-0.2, 0) is 11.3 Å². The Kier molecular flexibility index (Phi) is 5.40. The molecule has 2 aromatic carbocycles. The molecule has 1 unspecified atom stereocenters. The number of halogens is 2. The Balaban J connectivity index is 1.34. The molecule has 3 aromatic rings. The first-order chi connectivity index (χ1) is 13.5. The van der Waals surface area contributed by atoms with Gasteiger partial charge in [0.1, 0.15) is 12.4 Å². The van der Waals surface area contributed by atoms with E-state index in [0.29, 0.717) is 19.0 Å². The number of para-hydroxylation sites is 1. The van der Waals surface area contributed by atoms with E-state index in [1.807, 2.05) is 41.8 Å². The van der Waals surface area contributed by atoms with Gasteiger partial charge in [0, 0.05) is 46.4 Å². The number of carbonyl (C=O) groups is 1. The highest BCUT2D eigenvalue weighted by Crippen LogP contribution is 2.30. The normalized spacial score (nSPS) is 16.7. The van der Waals surface area contributed by atoms with Crippen LogP contribution in [0, 0.1) is 18.7 Å². The van der Waals surface area contributed by atoms with Gasteiger partial charge in [-0.1, -0.05) is 18.2 Å². The third-order valence-electron chi connectivity index (χ3n) is 5.52. The molecule has 28 heavy (non-hydrogen) atoms. The van der Waals surface area contributed by atoms with Gasteiger partial charge in [0.15, 0.2) is 0 Å². The number of hydrogen-bond acceptors (Lipinski definition) is 2. The van der Waals surface area contributed by atoms with Crippen molar-refractivity contribution < 1.29 is 9.18 Å². The largest absolute Gasteiger partial charge is 0.371 e. The average Bonchev–Trinajstić information content (AvgIpc) is 3.27. The van der Waals surface area contributed by atoms with E-state index in [2.05, 4.69) is 32.2 Å². The Hall–Kier alpha value is -2.34. The first-order valence-corrected chi connectivity index (χ1v) is 10.3. The summed E-state index contributed by atoms with van der Waals surface area (Å²) in [5.74, 6) is 0.214. The van der Waals surface area contributed by atoms with Crippen molar-refractivity contribution in [1.82, 2.24) is 9.88 Å². The average molecular weight is 444 g/mol. The molecule has 1 atom stereocenters. The number of anilines is 1. The summed E-state index contributed by atoms with van der Waals surface area (Å²) < 4.78 is 16.2. The summed E-state index contributed by atoms with van der Waals surface area (Å²) >= 11 is 3.64. The van der Waals surface area contributed by atoms with Crippen molar-refractivity contribution in [3.8, 4) is 0 Å². The zero-order valence-corrected chi connectivity index (χ0v) is 17.4. The number of nitrogens with one attached hydrogen (secondary N) is 1. The Morgan fingerprint density at radius 1 is 1.21 bits per heavy atom. The molecule has 0 spiro atoms. The standard InChI is InChI=1S/C22H23BrFN3O/c1-15-22(23)19-4-2-3-5-20(19)27(15)14-21(28)25-12-16-10-11-26(13-16)18-8-6-17(24)7-9-18/h2-9,16H,10-14H2,1H3,(H,25,28). The summed E-state index contributed by atoms with van der Waals surface area (Å²) in [6.07, 6.45) is 1.02. The topological polar surface area (TPSA) is 37.3 Å². The number of rotatable bonds is 5. The van der Waals surface area contributed by atoms with Crippen LogP contribution in [0.5, 0.6) is 0 Å². The van der Waals surface area contributed by atoms with Crippen LogP contribution in [0.2, 0.25) is 0 Å². The summed E-state index contributed by atoms with van der Waals surface area (Å²) in [6, 6.07) is 14.7. The lowest BCUT2D eigenvalue weighted by atomic mass is 10.1. The highest BCUT2D eigenvalue weighted by Gasteiger charge is 2.23. The third kappa shape index (κ3) is 3.78. The number of fused-ring (bicyclic) bond motifs is 1. The SMILES string of the molecule is Cc1c(Br)c2ccccc2n1CC(=O)NCC1CCN(c2ccc(F)cc2)C1. The van der Waals surface area contributed by atoms with Gasteiger partial charge in [-0.2, -0.15) is 0 Å². The van der Waals surface area contributed by atoms with Crippen LogP contribution in [0.4, 0.5) is 10.1 Å². The lowest BCUT2D eigenvalue weighted by Crippen LogP contribution is -2.33. The van der Waals surface area contributed by atoms with Crippen molar-refractivity contribution in [2.45, 2.75) is 19.9 Å². The maximum atomic E-state index is 13.1. The maximum Gasteiger partial charge on any atom is 0.239 e. The fourth-order valence-corrected chi connectivity index (χ4v) is 4.49. The van der Waals surface area contributed by atoms with Gasteiger partial charge < -0.3 is 14.8 Å². The van der Waals surface area contributed by atoms with E-state index in [4.69, 9.17) is 0 Å². The monoisotopic (exact) mass is 443 g/mol. The molecule has 0 saturated carbocycles. The van der Waals surface area contributed by atoms with Crippen LogP contribution in [0.25, 0.3) is 10.9 Å². The van der Waals surface area contributed by atoms with Gasteiger partial charge >= 0.3 is 0 Å². The van der Waals surface area contributed by atoms with Gasteiger partial charge in [-0.25, -0.2) is 4.39 Å². The van der Waals surface area contributed by atoms with Crippen LogP contribution in [-0.4, -0.2) is 30.1 Å². The molecule has 1 aliphatic rings. The van der Waals surface area contributed by atoms with Crippen LogP contribution in [0.15, 0.2) is 53.0 Å². The van der Waals surface area contributed by atoms with E-state index < -0.39 is 0 Å². The van der Waals surface area contributed by atoms with Crippen LogP contribution < -0.4 is 10.2 Å². The fraction of sp³-hybridized carbons (Fsp3) is 0.318. The Morgan fingerprint density at radius 3 is 2.75 bits per heavy atom. The van der Waals surface area contributed by atoms with Crippen molar-refractivity contribution in [3.63, 3.8) is 0 Å². The van der Waals surface area contributed by atoms with Crippen LogP contribution >= 0.6 is 15.9 Å². The summed E-state index contributed by atoms with van der Waals surface area (Å²) in [6.45, 7) is 4.81. The van der Waals surface area contributed by atoms with Gasteiger partial charge in [0.2, 0.25) is 5.91 Å². The number of benzene rings is 2. The van der Waals surface area contributed by atoms with E-state index in [1.165, 1.54) is 12.1 Å². The number of aromatic nitrogens is 1. The van der Waals surface area contributed by atoms with Crippen molar-refractivity contribution in [1.29, 1.82) is 0 Å². The molecule has 1 aliphatic heterocycles. The molecule has 0 aliphatic carbocycles. The number of nitrogens with zero attached hydrogens (tertiary/aromatic N) is 2. The molecule has 1 amide bonds. The molecule has 2 heterocycles. The predicted octanol–water partition coefficient (Wildman–Crippen LogP) is 4.49. The van der Waals surface area contributed by atoms with Gasteiger partial charge in [0.05, 0.1) is 0 Å². The maximum absolute atomic E-state index is 13.1. The fourth-order valence-electron chi connectivity index (χ4n) is 3.94. The zero-order valence-electron chi connectivity index (χ0n) is 15.8. The number of carbonyl (C=O) groups excluding carboxylic acids is 1. The smallest absolute Gasteiger partial charge is 0.239 e. The minimum Gasteiger partial charge on any atom is -0.371 e. The second kappa shape index (κ2) is 7.95. The minimum absolute atomic E-state index is 0.0246. The number of amides is 1. The summed E-state index contributed by atoms with van der Waals surface area (Å²) in [5.41, 5.74) is 3.15. The highest BCUT2D eigenvalue weighted by atomic mass is 79.9. The molecule has 1 fully saturated rings. The first kappa shape index (κ1) is 19.0. The summed E-state index contributed by atoms with van der Waals surface area (Å²) in [5, 5.41) is 4.22. The third-order valence-corrected chi connectivity index (χ3v) is 6.52. The lowest BCUT2D eigenvalue weighted by Gasteiger charge is -2.19. The van der Waals surface area contributed by atoms with Crippen LogP contribution in [0.1, 0.15) is 12.1 Å². The Morgan fingerprint density at radius 2 is 1.96 bits per heavy atom. The molecular weight excluding hydrogens is 421 g/mol. The molecule has 1 aromatic heterocycles. The zero-order chi connectivity index (χ0) is 19.7. The quantitative estimate of drug-likeness (QED) is 0.630. The molecule has 4 rings (SSSR count). The van der Waals surface area contributed by atoms with Crippen molar-refractivity contribution in [2.75, 3.05) is 24.5 Å². The second-order valence-corrected chi connectivity index (χ2v) is 8.18. The molecule has 1 saturated heterocycles. The summed E-state index contributed by atoms with van der Waals surface area (Å²) in [4.78, 5) is 14.8. The Bertz CT molecular complexity index is 999. The van der Waals surface area contributed by atoms with Gasteiger partial charge in [0.25, 0.3) is 0 Å². The molecule has 1 N–H and O–H groups in total. The summed E-state index contributed by atoms with van der Waals surface area (Å²) in [7, 11) is 0. The molecule has 4 nitrogen and oxygen atoms in total. The number of hydrogen-bond donors (Lipinski definition) is 1. The van der Waals surface area contributed by atoms with E-state index in [0.717, 1.165) is 46.3 Å². The van der Waals surface area contributed by atoms with Gasteiger partial charge in [-0.3, -0.25) is 4.79 Å². The Labute approximate surface area is 172 Å². The first-order valence-electron chi connectivity index (χ1n) is 9.53.